The lowest BCUT2D eigenvalue weighted by molar-refractivity contribution is -0.138. The molecule has 5 nitrogen and oxygen atoms in total. The first kappa shape index (κ1) is 15.0. The van der Waals surface area contributed by atoms with Crippen LogP contribution in [-0.4, -0.2) is 23.6 Å². The molecule has 0 unspecified atom stereocenters. The largest absolute Gasteiger partial charge is 0.494 e. The zero-order valence-corrected chi connectivity index (χ0v) is 11.2. The van der Waals surface area contributed by atoms with E-state index in [9.17, 15) is 9.59 Å². The third kappa shape index (κ3) is 5.90. The van der Waals surface area contributed by atoms with Crippen molar-refractivity contribution in [3.05, 3.63) is 24.3 Å². The van der Waals surface area contributed by atoms with Crippen LogP contribution in [0.15, 0.2) is 24.3 Å². The van der Waals surface area contributed by atoms with Crippen molar-refractivity contribution < 1.29 is 19.4 Å². The van der Waals surface area contributed by atoms with E-state index in [4.69, 9.17) is 9.84 Å². The molecule has 0 spiro atoms. The molecule has 0 aromatic heterocycles. The Morgan fingerprint density at radius 3 is 2.42 bits per heavy atom. The fraction of sp³-hybridized carbons (Fsp3) is 0.429. The summed E-state index contributed by atoms with van der Waals surface area (Å²) in [6, 6.07) is 7.06. The number of carbonyl (C=O) groups excluding carboxylic acids is 1. The maximum absolute atomic E-state index is 11.7. The number of benzene rings is 1. The van der Waals surface area contributed by atoms with Crippen molar-refractivity contribution in [3.63, 3.8) is 0 Å². The third-order valence-corrected chi connectivity index (χ3v) is 2.51. The smallest absolute Gasteiger partial charge is 0.303 e. The van der Waals surface area contributed by atoms with Gasteiger partial charge < -0.3 is 15.2 Å². The van der Waals surface area contributed by atoms with Gasteiger partial charge in [0.2, 0.25) is 5.91 Å². The molecule has 0 bridgehead atoms. The van der Waals surface area contributed by atoms with Gasteiger partial charge in [-0.1, -0.05) is 6.92 Å². The van der Waals surface area contributed by atoms with Crippen molar-refractivity contribution in [2.75, 3.05) is 11.9 Å². The number of carboxylic acid groups (broad SMARTS) is 1. The van der Waals surface area contributed by atoms with Gasteiger partial charge in [-0.3, -0.25) is 9.59 Å². The second-order valence-electron chi connectivity index (χ2n) is 4.41. The summed E-state index contributed by atoms with van der Waals surface area (Å²) in [5.74, 6) is -0.501. The molecule has 2 N–H and O–H groups in total. The lowest BCUT2D eigenvalue weighted by Crippen LogP contribution is -2.16. The Morgan fingerprint density at radius 2 is 1.89 bits per heavy atom. The van der Waals surface area contributed by atoms with Crippen LogP contribution in [0.2, 0.25) is 0 Å². The third-order valence-electron chi connectivity index (χ3n) is 2.51. The summed E-state index contributed by atoms with van der Waals surface area (Å²) in [5.41, 5.74) is 0.677. The molecule has 1 aromatic carbocycles. The molecular weight excluding hydrogens is 246 g/mol. The molecule has 0 heterocycles. The van der Waals surface area contributed by atoms with Gasteiger partial charge in [-0.2, -0.15) is 0 Å². The number of carbonyl (C=O) groups is 2. The maximum atomic E-state index is 11.7. The van der Waals surface area contributed by atoms with Crippen LogP contribution in [0.1, 0.15) is 26.7 Å². The van der Waals surface area contributed by atoms with Gasteiger partial charge in [0.05, 0.1) is 6.61 Å². The Morgan fingerprint density at radius 1 is 1.26 bits per heavy atom. The van der Waals surface area contributed by atoms with Crippen molar-refractivity contribution in [3.8, 4) is 5.75 Å². The first-order valence-corrected chi connectivity index (χ1v) is 6.25. The van der Waals surface area contributed by atoms with Crippen molar-refractivity contribution in [1.82, 2.24) is 0 Å². The van der Waals surface area contributed by atoms with Crippen LogP contribution in [0.5, 0.6) is 5.75 Å². The van der Waals surface area contributed by atoms with Gasteiger partial charge in [0.25, 0.3) is 0 Å². The predicted octanol–water partition coefficient (Wildman–Crippen LogP) is 2.52. The first-order valence-electron chi connectivity index (χ1n) is 6.25. The Labute approximate surface area is 112 Å². The topological polar surface area (TPSA) is 75.6 Å². The minimum atomic E-state index is -0.888. The number of amides is 1. The van der Waals surface area contributed by atoms with Gasteiger partial charge in [-0.15, -0.1) is 0 Å². The van der Waals surface area contributed by atoms with E-state index in [0.29, 0.717) is 12.3 Å². The summed E-state index contributed by atoms with van der Waals surface area (Å²) >= 11 is 0. The maximum Gasteiger partial charge on any atom is 0.303 e. The lowest BCUT2D eigenvalue weighted by atomic mass is 10.0. The lowest BCUT2D eigenvalue weighted by Gasteiger charge is -2.10. The fourth-order valence-electron chi connectivity index (χ4n) is 1.70. The Balaban J connectivity index is 2.45. The highest BCUT2D eigenvalue weighted by Crippen LogP contribution is 2.16. The molecule has 0 radical (unpaired) electrons. The molecule has 1 rings (SSSR count). The number of ether oxygens (including phenoxy) is 1. The first-order chi connectivity index (χ1) is 9.01. The quantitative estimate of drug-likeness (QED) is 0.794. The van der Waals surface area contributed by atoms with E-state index in [-0.39, 0.29) is 24.7 Å². The molecular formula is C14H19NO4. The van der Waals surface area contributed by atoms with Crippen molar-refractivity contribution >= 4 is 17.6 Å². The highest BCUT2D eigenvalue weighted by atomic mass is 16.5. The molecule has 0 fully saturated rings. The molecule has 0 aliphatic carbocycles. The van der Waals surface area contributed by atoms with Crippen LogP contribution < -0.4 is 10.1 Å². The van der Waals surface area contributed by atoms with Crippen LogP contribution >= 0.6 is 0 Å². The van der Waals surface area contributed by atoms with E-state index in [1.54, 1.807) is 31.2 Å². The molecule has 0 aliphatic rings. The number of hydrogen-bond donors (Lipinski definition) is 2. The van der Waals surface area contributed by atoms with E-state index in [1.807, 2.05) is 6.92 Å². The van der Waals surface area contributed by atoms with E-state index in [2.05, 4.69) is 5.32 Å². The summed E-state index contributed by atoms with van der Waals surface area (Å²) in [5, 5.41) is 11.3. The zero-order chi connectivity index (χ0) is 14.3. The predicted molar refractivity (Wildman–Crippen MR) is 72.3 cm³/mol. The number of carboxylic acids is 1. The summed E-state index contributed by atoms with van der Waals surface area (Å²) in [6.45, 7) is 4.24. The fourth-order valence-corrected chi connectivity index (χ4v) is 1.70. The number of hydrogen-bond acceptors (Lipinski definition) is 3. The van der Waals surface area contributed by atoms with Gasteiger partial charge in [0.1, 0.15) is 5.75 Å². The van der Waals surface area contributed by atoms with Crippen LogP contribution in [0, 0.1) is 5.92 Å². The van der Waals surface area contributed by atoms with E-state index >= 15 is 0 Å². The zero-order valence-electron chi connectivity index (χ0n) is 11.2. The van der Waals surface area contributed by atoms with E-state index in [1.165, 1.54) is 0 Å². The van der Waals surface area contributed by atoms with Gasteiger partial charge in [0, 0.05) is 18.5 Å². The highest BCUT2D eigenvalue weighted by molar-refractivity contribution is 5.91. The summed E-state index contributed by atoms with van der Waals surface area (Å²) in [6.07, 6.45) is 0.191. The average Bonchev–Trinajstić information content (AvgIpc) is 2.30. The second-order valence-corrected chi connectivity index (χ2v) is 4.41. The molecule has 19 heavy (non-hydrogen) atoms. The summed E-state index contributed by atoms with van der Waals surface area (Å²) < 4.78 is 5.30. The highest BCUT2D eigenvalue weighted by Gasteiger charge is 2.12. The number of rotatable bonds is 7. The molecule has 1 atom stereocenters. The van der Waals surface area contributed by atoms with Gasteiger partial charge in [-0.05, 0) is 37.1 Å². The Bertz CT molecular complexity index is 428. The minimum absolute atomic E-state index is 0.00328. The van der Waals surface area contributed by atoms with Gasteiger partial charge >= 0.3 is 5.97 Å². The molecule has 0 saturated heterocycles. The SMILES string of the molecule is CCOc1ccc(NC(=O)C[C@H](C)CC(=O)O)cc1. The summed E-state index contributed by atoms with van der Waals surface area (Å²) in [4.78, 5) is 22.2. The normalized spacial score (nSPS) is 11.7. The molecule has 1 amide bonds. The van der Waals surface area contributed by atoms with E-state index in [0.717, 1.165) is 5.75 Å². The molecule has 104 valence electrons. The van der Waals surface area contributed by atoms with Crippen molar-refractivity contribution in [2.24, 2.45) is 5.92 Å². The number of anilines is 1. The minimum Gasteiger partial charge on any atom is -0.494 e. The molecule has 1 aromatic rings. The van der Waals surface area contributed by atoms with Gasteiger partial charge in [-0.25, -0.2) is 0 Å². The van der Waals surface area contributed by atoms with Crippen molar-refractivity contribution in [1.29, 1.82) is 0 Å². The molecule has 0 aliphatic heterocycles. The summed E-state index contributed by atoms with van der Waals surface area (Å²) in [7, 11) is 0. The van der Waals surface area contributed by atoms with E-state index < -0.39 is 5.97 Å². The number of aliphatic carboxylic acids is 1. The number of nitrogens with one attached hydrogen (secondary N) is 1. The van der Waals surface area contributed by atoms with Crippen LogP contribution in [0.4, 0.5) is 5.69 Å². The molecule has 5 heteroatoms. The Kier molecular flexibility index (Phi) is 5.85. The average molecular weight is 265 g/mol. The van der Waals surface area contributed by atoms with Crippen LogP contribution in [0.25, 0.3) is 0 Å². The Hall–Kier alpha value is -2.04. The standard InChI is InChI=1S/C14H19NO4/c1-3-19-12-6-4-11(5-7-12)15-13(16)8-10(2)9-14(17)18/h4-7,10H,3,8-9H2,1-2H3,(H,15,16)(H,17,18)/t10-/m0/s1. The van der Waals surface area contributed by atoms with Crippen LogP contribution in [-0.2, 0) is 9.59 Å². The molecule has 0 saturated carbocycles. The van der Waals surface area contributed by atoms with Gasteiger partial charge in [0.15, 0.2) is 0 Å². The monoisotopic (exact) mass is 265 g/mol. The second kappa shape index (κ2) is 7.41. The van der Waals surface area contributed by atoms with Crippen molar-refractivity contribution in [2.45, 2.75) is 26.7 Å². The van der Waals surface area contributed by atoms with Crippen LogP contribution in [0.3, 0.4) is 0 Å².